The maximum absolute atomic E-state index is 12.2. The van der Waals surface area contributed by atoms with Crippen LogP contribution >= 0.6 is 0 Å². The van der Waals surface area contributed by atoms with Crippen LogP contribution < -0.4 is 5.32 Å². The number of nitrogens with zero attached hydrogens (tertiary/aromatic N) is 1. The van der Waals surface area contributed by atoms with Crippen molar-refractivity contribution in [3.05, 3.63) is 24.2 Å². The molecule has 19 heavy (non-hydrogen) atoms. The van der Waals surface area contributed by atoms with E-state index in [4.69, 9.17) is 9.15 Å². The number of nitrogens with one attached hydrogen (secondary N) is 1. The van der Waals surface area contributed by atoms with E-state index in [1.54, 1.807) is 11.2 Å². The number of ether oxygens (including phenoxy) is 1. The molecule has 5 heteroatoms. The second kappa shape index (κ2) is 5.65. The van der Waals surface area contributed by atoms with Gasteiger partial charge in [-0.15, -0.1) is 0 Å². The maximum atomic E-state index is 12.2. The van der Waals surface area contributed by atoms with Crippen molar-refractivity contribution in [3.8, 4) is 0 Å². The van der Waals surface area contributed by atoms with Crippen LogP contribution in [0.5, 0.6) is 0 Å². The van der Waals surface area contributed by atoms with Crippen LogP contribution in [0.3, 0.4) is 0 Å². The average Bonchev–Trinajstić information content (AvgIpc) is 2.80. The Bertz CT molecular complexity index is 409. The van der Waals surface area contributed by atoms with E-state index in [-0.39, 0.29) is 12.1 Å². The molecule has 1 aliphatic heterocycles. The van der Waals surface area contributed by atoms with Gasteiger partial charge in [0.1, 0.15) is 11.4 Å². The first-order valence-corrected chi connectivity index (χ1v) is 6.68. The molecule has 1 saturated heterocycles. The SMILES string of the molecule is CC(C)(C)OC(=O)N1CCNC[C@H]1Cc1ccco1. The summed E-state index contributed by atoms with van der Waals surface area (Å²) in [6.45, 7) is 7.88. The Balaban J connectivity index is 2.01. The summed E-state index contributed by atoms with van der Waals surface area (Å²) >= 11 is 0. The maximum Gasteiger partial charge on any atom is 0.410 e. The molecule has 1 aliphatic rings. The first kappa shape index (κ1) is 13.9. The highest BCUT2D eigenvalue weighted by Gasteiger charge is 2.30. The van der Waals surface area contributed by atoms with Crippen molar-refractivity contribution in [3.63, 3.8) is 0 Å². The van der Waals surface area contributed by atoms with E-state index in [1.165, 1.54) is 0 Å². The van der Waals surface area contributed by atoms with E-state index in [0.717, 1.165) is 18.8 Å². The van der Waals surface area contributed by atoms with Crippen molar-refractivity contribution in [1.82, 2.24) is 10.2 Å². The molecule has 5 nitrogen and oxygen atoms in total. The molecule has 0 spiro atoms. The predicted octanol–water partition coefficient (Wildman–Crippen LogP) is 2.03. The summed E-state index contributed by atoms with van der Waals surface area (Å²) < 4.78 is 10.8. The summed E-state index contributed by atoms with van der Waals surface area (Å²) in [6, 6.07) is 3.88. The van der Waals surface area contributed by atoms with E-state index in [9.17, 15) is 4.79 Å². The zero-order valence-corrected chi connectivity index (χ0v) is 11.8. The third-order valence-corrected chi connectivity index (χ3v) is 3.00. The molecule has 1 amide bonds. The fourth-order valence-corrected chi connectivity index (χ4v) is 2.17. The molecule has 0 radical (unpaired) electrons. The van der Waals surface area contributed by atoms with Crippen molar-refractivity contribution < 1.29 is 13.9 Å². The predicted molar refractivity (Wildman–Crippen MR) is 72.0 cm³/mol. The topological polar surface area (TPSA) is 54.7 Å². The van der Waals surface area contributed by atoms with Gasteiger partial charge >= 0.3 is 6.09 Å². The number of carbonyl (C=O) groups excluding carboxylic acids is 1. The number of furan rings is 1. The molecule has 0 aliphatic carbocycles. The number of hydrogen-bond acceptors (Lipinski definition) is 4. The van der Waals surface area contributed by atoms with E-state index < -0.39 is 5.60 Å². The number of rotatable bonds is 2. The lowest BCUT2D eigenvalue weighted by Gasteiger charge is -2.36. The Morgan fingerprint density at radius 2 is 2.37 bits per heavy atom. The number of piperazine rings is 1. The zero-order valence-electron chi connectivity index (χ0n) is 11.8. The third kappa shape index (κ3) is 3.99. The lowest BCUT2D eigenvalue weighted by molar-refractivity contribution is 0.0117. The molecule has 106 valence electrons. The number of hydrogen-bond donors (Lipinski definition) is 1. The monoisotopic (exact) mass is 266 g/mol. The zero-order chi connectivity index (χ0) is 13.9. The van der Waals surface area contributed by atoms with Gasteiger partial charge in [0, 0.05) is 26.1 Å². The minimum Gasteiger partial charge on any atom is -0.469 e. The van der Waals surface area contributed by atoms with Crippen LogP contribution in [-0.2, 0) is 11.2 Å². The summed E-state index contributed by atoms with van der Waals surface area (Å²) in [5, 5.41) is 3.30. The Morgan fingerprint density at radius 1 is 1.58 bits per heavy atom. The average molecular weight is 266 g/mol. The molecule has 1 aromatic rings. The number of amides is 1. The van der Waals surface area contributed by atoms with Crippen molar-refractivity contribution in [2.75, 3.05) is 19.6 Å². The van der Waals surface area contributed by atoms with Gasteiger partial charge in [0.05, 0.1) is 12.3 Å². The van der Waals surface area contributed by atoms with Gasteiger partial charge in [-0.3, -0.25) is 0 Å². The van der Waals surface area contributed by atoms with Gasteiger partial charge < -0.3 is 19.4 Å². The van der Waals surface area contributed by atoms with Crippen LogP contribution in [0.15, 0.2) is 22.8 Å². The van der Waals surface area contributed by atoms with Crippen molar-refractivity contribution in [1.29, 1.82) is 0 Å². The molecule has 0 saturated carbocycles. The fourth-order valence-electron chi connectivity index (χ4n) is 2.17. The second-order valence-corrected chi connectivity index (χ2v) is 5.82. The fraction of sp³-hybridized carbons (Fsp3) is 0.643. The summed E-state index contributed by atoms with van der Waals surface area (Å²) in [5.74, 6) is 0.891. The largest absolute Gasteiger partial charge is 0.469 e. The van der Waals surface area contributed by atoms with Crippen LogP contribution in [0.2, 0.25) is 0 Å². The van der Waals surface area contributed by atoms with Gasteiger partial charge in [0.2, 0.25) is 0 Å². The normalized spacial score (nSPS) is 20.4. The van der Waals surface area contributed by atoms with E-state index in [0.29, 0.717) is 13.0 Å². The molecular weight excluding hydrogens is 244 g/mol. The first-order valence-electron chi connectivity index (χ1n) is 6.68. The van der Waals surface area contributed by atoms with E-state index in [2.05, 4.69) is 5.32 Å². The van der Waals surface area contributed by atoms with Crippen LogP contribution in [0.4, 0.5) is 4.79 Å². The van der Waals surface area contributed by atoms with Crippen molar-refractivity contribution in [2.24, 2.45) is 0 Å². The molecule has 0 aromatic carbocycles. The van der Waals surface area contributed by atoms with Crippen LogP contribution in [-0.4, -0.2) is 42.3 Å². The highest BCUT2D eigenvalue weighted by atomic mass is 16.6. The standard InChI is InChI=1S/C14H22N2O3/c1-14(2,3)19-13(17)16-7-6-15-10-11(16)9-12-5-4-8-18-12/h4-5,8,11,15H,6-7,9-10H2,1-3H3/t11-/m1/s1. The molecule has 0 bridgehead atoms. The Morgan fingerprint density at radius 3 is 3.00 bits per heavy atom. The third-order valence-electron chi connectivity index (χ3n) is 3.00. The second-order valence-electron chi connectivity index (χ2n) is 5.82. The lowest BCUT2D eigenvalue weighted by atomic mass is 10.1. The van der Waals surface area contributed by atoms with Gasteiger partial charge in [-0.2, -0.15) is 0 Å². The molecule has 2 rings (SSSR count). The molecular formula is C14H22N2O3. The van der Waals surface area contributed by atoms with Gasteiger partial charge in [0.25, 0.3) is 0 Å². The Hall–Kier alpha value is -1.49. The smallest absolute Gasteiger partial charge is 0.410 e. The van der Waals surface area contributed by atoms with Gasteiger partial charge in [0.15, 0.2) is 0 Å². The quantitative estimate of drug-likeness (QED) is 0.890. The molecule has 1 atom stereocenters. The minimum absolute atomic E-state index is 0.0785. The highest BCUT2D eigenvalue weighted by molar-refractivity contribution is 5.68. The molecule has 1 aromatic heterocycles. The Labute approximate surface area is 113 Å². The van der Waals surface area contributed by atoms with E-state index >= 15 is 0 Å². The van der Waals surface area contributed by atoms with Crippen molar-refractivity contribution in [2.45, 2.75) is 38.8 Å². The first-order chi connectivity index (χ1) is 8.96. The molecule has 1 N–H and O–H groups in total. The minimum atomic E-state index is -0.461. The summed E-state index contributed by atoms with van der Waals surface area (Å²) in [6.07, 6.45) is 2.12. The number of carbonyl (C=O) groups is 1. The summed E-state index contributed by atoms with van der Waals surface area (Å²) in [7, 11) is 0. The lowest BCUT2D eigenvalue weighted by Crippen LogP contribution is -2.55. The van der Waals surface area contributed by atoms with Gasteiger partial charge in [-0.05, 0) is 32.9 Å². The van der Waals surface area contributed by atoms with Gasteiger partial charge in [-0.25, -0.2) is 4.79 Å². The molecule has 0 unspecified atom stereocenters. The van der Waals surface area contributed by atoms with E-state index in [1.807, 2.05) is 32.9 Å². The molecule has 1 fully saturated rings. The van der Waals surface area contributed by atoms with Crippen LogP contribution in [0.25, 0.3) is 0 Å². The van der Waals surface area contributed by atoms with Gasteiger partial charge in [-0.1, -0.05) is 0 Å². The van der Waals surface area contributed by atoms with Crippen LogP contribution in [0.1, 0.15) is 26.5 Å². The van der Waals surface area contributed by atoms with Crippen molar-refractivity contribution >= 4 is 6.09 Å². The Kier molecular flexibility index (Phi) is 4.14. The molecule has 2 heterocycles. The van der Waals surface area contributed by atoms with Crippen LogP contribution in [0, 0.1) is 0 Å². The summed E-state index contributed by atoms with van der Waals surface area (Å²) in [4.78, 5) is 14.0. The summed E-state index contributed by atoms with van der Waals surface area (Å²) in [5.41, 5.74) is -0.461. The highest BCUT2D eigenvalue weighted by Crippen LogP contribution is 2.16.